The molecule has 5 rings (SSSR count). The largest absolute Gasteiger partial charge is 0.0763 e. The van der Waals surface area contributed by atoms with Crippen LogP contribution in [0.4, 0.5) is 0 Å². The summed E-state index contributed by atoms with van der Waals surface area (Å²) in [5, 5.41) is 0. The van der Waals surface area contributed by atoms with Crippen LogP contribution in [0.25, 0.3) is 16.7 Å². The van der Waals surface area contributed by atoms with Crippen LogP contribution < -0.4 is 0 Å². The number of allylic oxidation sites excluding steroid dienone is 4. The molecule has 174 valence electrons. The van der Waals surface area contributed by atoms with E-state index >= 15 is 0 Å². The summed E-state index contributed by atoms with van der Waals surface area (Å²) in [5.41, 5.74) is 13.2. The van der Waals surface area contributed by atoms with Crippen molar-refractivity contribution in [1.29, 1.82) is 0 Å². The van der Waals surface area contributed by atoms with Gasteiger partial charge in [0.15, 0.2) is 0 Å². The van der Waals surface area contributed by atoms with Gasteiger partial charge in [0.1, 0.15) is 0 Å². The Bertz CT molecular complexity index is 1270. The lowest BCUT2D eigenvalue weighted by atomic mass is 9.77. The highest BCUT2D eigenvalue weighted by atomic mass is 14.4. The zero-order valence-corrected chi connectivity index (χ0v) is 21.7. The molecule has 3 aromatic rings. The molecule has 0 spiro atoms. The van der Waals surface area contributed by atoms with Crippen LogP contribution in [0, 0.1) is 0 Å². The zero-order chi connectivity index (χ0) is 24.1. The first-order valence-corrected chi connectivity index (χ1v) is 13.0. The van der Waals surface area contributed by atoms with Crippen LogP contribution in [0.3, 0.4) is 0 Å². The smallest absolute Gasteiger partial charge is 0.0155 e. The highest BCUT2D eigenvalue weighted by molar-refractivity contribution is 5.86. The van der Waals surface area contributed by atoms with Crippen LogP contribution in [0.15, 0.2) is 84.5 Å². The number of rotatable bonds is 4. The summed E-state index contributed by atoms with van der Waals surface area (Å²) in [6, 6.07) is 25.4. The molecule has 2 aliphatic carbocycles. The summed E-state index contributed by atoms with van der Waals surface area (Å²) < 4.78 is 0. The molecule has 0 heteroatoms. The second kappa shape index (κ2) is 8.42. The minimum Gasteiger partial charge on any atom is -0.0763 e. The summed E-state index contributed by atoms with van der Waals surface area (Å²) in [5.74, 6) is 0.466. The van der Waals surface area contributed by atoms with Crippen LogP contribution in [0.5, 0.6) is 0 Å². The fourth-order valence-electron chi connectivity index (χ4n) is 5.97. The van der Waals surface area contributed by atoms with E-state index in [9.17, 15) is 0 Å². The topological polar surface area (TPSA) is 0 Å². The molecular weight excluding hydrogens is 408 g/mol. The van der Waals surface area contributed by atoms with Gasteiger partial charge in [-0.05, 0) is 74.4 Å². The summed E-state index contributed by atoms with van der Waals surface area (Å²) in [6.07, 6.45) is 8.35. The number of aryl methyl sites for hydroxylation is 1. The predicted octanol–water partition coefficient (Wildman–Crippen LogP) is 9.39. The van der Waals surface area contributed by atoms with E-state index in [1.807, 2.05) is 0 Å². The number of benzene rings is 3. The number of hydrogen-bond acceptors (Lipinski definition) is 0. The molecule has 0 amide bonds. The Hall–Kier alpha value is -2.86. The molecule has 2 aliphatic rings. The Labute approximate surface area is 206 Å². The van der Waals surface area contributed by atoms with E-state index < -0.39 is 0 Å². The second-order valence-corrected chi connectivity index (χ2v) is 11.7. The van der Waals surface area contributed by atoms with Crippen molar-refractivity contribution < 1.29 is 0 Å². The maximum Gasteiger partial charge on any atom is 0.0155 e. The van der Waals surface area contributed by atoms with Gasteiger partial charge in [-0.25, -0.2) is 0 Å². The van der Waals surface area contributed by atoms with Crippen molar-refractivity contribution in [2.75, 3.05) is 0 Å². The maximum atomic E-state index is 2.47. The first kappa shape index (κ1) is 22.9. The molecule has 0 aromatic heterocycles. The van der Waals surface area contributed by atoms with Crippen molar-refractivity contribution in [3.05, 3.63) is 112 Å². The number of fused-ring (bicyclic) bond motifs is 2. The van der Waals surface area contributed by atoms with Gasteiger partial charge in [-0.15, -0.1) is 0 Å². The highest BCUT2D eigenvalue weighted by Crippen LogP contribution is 2.53. The first-order chi connectivity index (χ1) is 16.2. The minimum absolute atomic E-state index is 0.0381. The fourth-order valence-corrected chi connectivity index (χ4v) is 5.97. The van der Waals surface area contributed by atoms with Gasteiger partial charge < -0.3 is 0 Å². The van der Waals surface area contributed by atoms with Crippen LogP contribution in [-0.4, -0.2) is 0 Å². The maximum absolute atomic E-state index is 2.47. The monoisotopic (exact) mass is 446 g/mol. The van der Waals surface area contributed by atoms with Gasteiger partial charge in [-0.3, -0.25) is 0 Å². The van der Waals surface area contributed by atoms with Gasteiger partial charge in [0, 0.05) is 11.3 Å². The third-order valence-corrected chi connectivity index (χ3v) is 7.99. The van der Waals surface area contributed by atoms with Crippen LogP contribution in [0.2, 0.25) is 0 Å². The standard InChI is InChI=1S/C34H38/c1-7-10-24-11-8-9-12-28(24)26-16-20-31-30(21-26)29-19-15-25(22-32(29)34(31,5)6)23-13-17-27(18-14-23)33(2,3)4/h8-9,11-20,22,26H,7,10,21H2,1-6H3. The van der Waals surface area contributed by atoms with Gasteiger partial charge in [0.25, 0.3) is 0 Å². The van der Waals surface area contributed by atoms with E-state index in [4.69, 9.17) is 0 Å². The van der Waals surface area contributed by atoms with Gasteiger partial charge in [-0.1, -0.05) is 121 Å². The van der Waals surface area contributed by atoms with Gasteiger partial charge in [-0.2, -0.15) is 0 Å². The summed E-state index contributed by atoms with van der Waals surface area (Å²) in [6.45, 7) is 13.9. The molecular formula is C34H38. The predicted molar refractivity (Wildman–Crippen MR) is 147 cm³/mol. The normalized spacial score (nSPS) is 18.7. The fraction of sp³-hybridized carbons (Fsp3) is 0.353. The average Bonchev–Trinajstić information content (AvgIpc) is 3.05. The van der Waals surface area contributed by atoms with E-state index in [0.717, 1.165) is 12.8 Å². The summed E-state index contributed by atoms with van der Waals surface area (Å²) in [7, 11) is 0. The molecule has 1 atom stereocenters. The third kappa shape index (κ3) is 3.88. The minimum atomic E-state index is 0.0381. The molecule has 0 bridgehead atoms. The van der Waals surface area contributed by atoms with Gasteiger partial charge in [0.05, 0.1) is 0 Å². The Morgan fingerprint density at radius 2 is 1.59 bits per heavy atom. The van der Waals surface area contributed by atoms with Crippen molar-refractivity contribution in [2.45, 2.75) is 77.6 Å². The van der Waals surface area contributed by atoms with E-state index in [-0.39, 0.29) is 10.8 Å². The lowest BCUT2D eigenvalue weighted by molar-refractivity contribution is 0.590. The Kier molecular flexibility index (Phi) is 5.67. The van der Waals surface area contributed by atoms with Crippen LogP contribution >= 0.6 is 0 Å². The van der Waals surface area contributed by atoms with E-state index in [1.54, 1.807) is 5.57 Å². The van der Waals surface area contributed by atoms with Gasteiger partial charge in [0.2, 0.25) is 0 Å². The molecule has 34 heavy (non-hydrogen) atoms. The van der Waals surface area contributed by atoms with Crippen molar-refractivity contribution in [3.8, 4) is 11.1 Å². The zero-order valence-electron chi connectivity index (χ0n) is 21.7. The molecule has 0 saturated carbocycles. The second-order valence-electron chi connectivity index (χ2n) is 11.7. The van der Waals surface area contributed by atoms with E-state index in [1.165, 1.54) is 50.9 Å². The molecule has 0 heterocycles. The van der Waals surface area contributed by atoms with E-state index in [2.05, 4.69) is 120 Å². The molecule has 1 unspecified atom stereocenters. The molecule has 0 saturated heterocycles. The third-order valence-electron chi connectivity index (χ3n) is 7.99. The van der Waals surface area contributed by atoms with Crippen LogP contribution in [-0.2, 0) is 17.3 Å². The van der Waals surface area contributed by atoms with Gasteiger partial charge >= 0.3 is 0 Å². The van der Waals surface area contributed by atoms with E-state index in [0.29, 0.717) is 5.92 Å². The molecule has 0 N–H and O–H groups in total. The van der Waals surface area contributed by atoms with Crippen molar-refractivity contribution in [3.63, 3.8) is 0 Å². The average molecular weight is 447 g/mol. The van der Waals surface area contributed by atoms with Crippen molar-refractivity contribution in [2.24, 2.45) is 0 Å². The van der Waals surface area contributed by atoms with Crippen molar-refractivity contribution in [1.82, 2.24) is 0 Å². The molecule has 0 aliphatic heterocycles. The molecule has 0 nitrogen and oxygen atoms in total. The lowest BCUT2D eigenvalue weighted by Crippen LogP contribution is -2.17. The molecule has 0 fully saturated rings. The Morgan fingerprint density at radius 3 is 2.29 bits per heavy atom. The highest BCUT2D eigenvalue weighted by Gasteiger charge is 2.39. The SMILES string of the molecule is CCCc1ccccc1C1C=CC2=C(C1)c1ccc(-c3ccc(C(C)(C)C)cc3)cc1C2(C)C. The van der Waals surface area contributed by atoms with Crippen LogP contribution in [0.1, 0.15) is 88.1 Å². The quantitative estimate of drug-likeness (QED) is 0.374. The number of hydrogen-bond donors (Lipinski definition) is 0. The molecule has 3 aromatic carbocycles. The first-order valence-electron chi connectivity index (χ1n) is 13.0. The van der Waals surface area contributed by atoms with Crippen molar-refractivity contribution >= 4 is 5.57 Å². The lowest BCUT2D eigenvalue weighted by Gasteiger charge is -2.27. The summed E-state index contributed by atoms with van der Waals surface area (Å²) >= 11 is 0. The molecule has 0 radical (unpaired) electrons. The summed E-state index contributed by atoms with van der Waals surface area (Å²) in [4.78, 5) is 0. The Balaban J connectivity index is 1.49. The Morgan fingerprint density at radius 1 is 0.882 bits per heavy atom.